The van der Waals surface area contributed by atoms with Crippen molar-refractivity contribution in [2.24, 2.45) is 0 Å². The molecular weight excluding hydrogens is 514 g/mol. The number of hydrogen-bond acceptors (Lipinski definition) is 3. The Labute approximate surface area is 206 Å². The van der Waals surface area contributed by atoms with Gasteiger partial charge in [0.25, 0.3) is 0 Å². The predicted molar refractivity (Wildman–Crippen MR) is 130 cm³/mol. The van der Waals surface area contributed by atoms with Crippen molar-refractivity contribution in [2.45, 2.75) is 18.4 Å². The number of rotatable bonds is 7. The van der Waals surface area contributed by atoms with Crippen molar-refractivity contribution in [2.75, 3.05) is 11.9 Å². The van der Waals surface area contributed by atoms with E-state index in [1.54, 1.807) is 30.3 Å². The highest BCUT2D eigenvalue weighted by Gasteiger charge is 2.28. The molecule has 0 fully saturated rings. The van der Waals surface area contributed by atoms with Crippen LogP contribution in [-0.4, -0.2) is 25.2 Å². The van der Waals surface area contributed by atoms with E-state index in [-0.39, 0.29) is 11.4 Å². The maximum atomic E-state index is 13.3. The summed E-state index contributed by atoms with van der Waals surface area (Å²) in [5.41, 5.74) is 1.78. The fourth-order valence-corrected chi connectivity index (χ4v) is 5.04. The summed E-state index contributed by atoms with van der Waals surface area (Å²) in [7, 11) is -4.05. The van der Waals surface area contributed by atoms with Crippen LogP contribution >= 0.6 is 46.4 Å². The first kappa shape index (κ1) is 24.8. The number of nitrogens with one attached hydrogen (secondary N) is 1. The molecule has 0 aliphatic carbocycles. The zero-order valence-electron chi connectivity index (χ0n) is 16.8. The van der Waals surface area contributed by atoms with Crippen LogP contribution in [0.5, 0.6) is 0 Å². The second-order valence-electron chi connectivity index (χ2n) is 6.97. The van der Waals surface area contributed by atoms with Crippen molar-refractivity contribution in [1.82, 2.24) is 4.31 Å². The molecule has 168 valence electrons. The first-order chi connectivity index (χ1) is 15.1. The van der Waals surface area contributed by atoms with Gasteiger partial charge in [0.15, 0.2) is 0 Å². The van der Waals surface area contributed by atoms with E-state index in [1.165, 1.54) is 30.3 Å². The van der Waals surface area contributed by atoms with Gasteiger partial charge in [-0.15, -0.1) is 0 Å². The van der Waals surface area contributed by atoms with Crippen LogP contribution in [0.2, 0.25) is 20.1 Å². The minimum atomic E-state index is -4.05. The lowest BCUT2D eigenvalue weighted by Crippen LogP contribution is -2.37. The Balaban J connectivity index is 1.93. The Bertz CT molecular complexity index is 1250. The van der Waals surface area contributed by atoms with Crippen LogP contribution in [0.1, 0.15) is 11.1 Å². The number of aryl methyl sites for hydroxylation is 1. The van der Waals surface area contributed by atoms with Crippen molar-refractivity contribution in [3.63, 3.8) is 0 Å². The highest BCUT2D eigenvalue weighted by molar-refractivity contribution is 7.89. The van der Waals surface area contributed by atoms with Crippen LogP contribution in [0.25, 0.3) is 0 Å². The molecule has 0 unspecified atom stereocenters. The molecule has 5 nitrogen and oxygen atoms in total. The number of nitrogens with zero attached hydrogens (tertiary/aromatic N) is 1. The zero-order valence-corrected chi connectivity index (χ0v) is 20.6. The average molecular weight is 532 g/mol. The third-order valence-electron chi connectivity index (χ3n) is 4.61. The van der Waals surface area contributed by atoms with Crippen LogP contribution < -0.4 is 5.32 Å². The molecule has 3 rings (SSSR count). The molecule has 1 N–H and O–H groups in total. The molecule has 0 heterocycles. The number of carbonyl (C=O) groups is 1. The van der Waals surface area contributed by atoms with E-state index in [9.17, 15) is 13.2 Å². The normalized spacial score (nSPS) is 11.6. The summed E-state index contributed by atoms with van der Waals surface area (Å²) < 4.78 is 27.7. The maximum absolute atomic E-state index is 13.3. The van der Waals surface area contributed by atoms with Crippen molar-refractivity contribution in [3.05, 3.63) is 91.9 Å². The summed E-state index contributed by atoms with van der Waals surface area (Å²) in [5, 5.41) is 4.27. The lowest BCUT2D eigenvalue weighted by Gasteiger charge is -2.23. The van der Waals surface area contributed by atoms with E-state index in [2.05, 4.69) is 5.32 Å². The fraction of sp³-hybridized carbons (Fsp3) is 0.136. The molecular formula is C22H18Cl4N2O3S. The van der Waals surface area contributed by atoms with Gasteiger partial charge in [0, 0.05) is 32.3 Å². The van der Waals surface area contributed by atoms with Gasteiger partial charge in [-0.25, -0.2) is 8.42 Å². The van der Waals surface area contributed by atoms with Gasteiger partial charge >= 0.3 is 0 Å². The third-order valence-corrected chi connectivity index (χ3v) is 7.49. The molecule has 0 aliphatic heterocycles. The van der Waals surface area contributed by atoms with E-state index in [0.29, 0.717) is 31.3 Å². The number of hydrogen-bond donors (Lipinski definition) is 1. The van der Waals surface area contributed by atoms with Crippen molar-refractivity contribution < 1.29 is 13.2 Å². The van der Waals surface area contributed by atoms with Gasteiger partial charge in [-0.2, -0.15) is 4.31 Å². The van der Waals surface area contributed by atoms with Gasteiger partial charge in [0.1, 0.15) is 0 Å². The molecule has 3 aromatic rings. The number of sulfonamides is 1. The predicted octanol–water partition coefficient (Wildman–Crippen LogP) is 6.44. The van der Waals surface area contributed by atoms with Gasteiger partial charge in [-0.05, 0) is 66.6 Å². The lowest BCUT2D eigenvalue weighted by molar-refractivity contribution is -0.116. The number of halogens is 4. The Morgan fingerprint density at radius 3 is 2.12 bits per heavy atom. The van der Waals surface area contributed by atoms with E-state index in [1.807, 2.05) is 6.92 Å². The molecule has 0 atom stereocenters. The van der Waals surface area contributed by atoms with E-state index in [0.717, 1.165) is 9.87 Å². The summed E-state index contributed by atoms with van der Waals surface area (Å²) >= 11 is 24.1. The second kappa shape index (κ2) is 10.4. The van der Waals surface area contributed by atoms with Gasteiger partial charge in [0.2, 0.25) is 15.9 Å². The molecule has 0 bridgehead atoms. The molecule has 0 saturated carbocycles. The highest BCUT2D eigenvalue weighted by Crippen LogP contribution is 2.26. The van der Waals surface area contributed by atoms with Crippen LogP contribution in [0.3, 0.4) is 0 Å². The molecule has 32 heavy (non-hydrogen) atoms. The van der Waals surface area contributed by atoms with Crippen LogP contribution in [0, 0.1) is 6.92 Å². The number of benzene rings is 3. The molecule has 3 aromatic carbocycles. The molecule has 10 heteroatoms. The lowest BCUT2D eigenvalue weighted by atomic mass is 10.2. The topological polar surface area (TPSA) is 66.5 Å². The average Bonchev–Trinajstić information content (AvgIpc) is 2.72. The number of amides is 1. The smallest absolute Gasteiger partial charge is 0.243 e. The van der Waals surface area contributed by atoms with E-state index in [4.69, 9.17) is 46.4 Å². The molecule has 0 saturated heterocycles. The maximum Gasteiger partial charge on any atom is 0.243 e. The molecule has 1 amide bonds. The fourth-order valence-electron chi connectivity index (χ4n) is 2.90. The first-order valence-corrected chi connectivity index (χ1v) is 12.3. The van der Waals surface area contributed by atoms with Gasteiger partial charge in [0.05, 0.1) is 11.4 Å². The summed E-state index contributed by atoms with van der Waals surface area (Å²) in [4.78, 5) is 12.8. The Kier molecular flexibility index (Phi) is 8.09. The van der Waals surface area contributed by atoms with Gasteiger partial charge in [-0.1, -0.05) is 58.5 Å². The van der Waals surface area contributed by atoms with Crippen LogP contribution in [0.15, 0.2) is 65.6 Å². The number of anilines is 1. The van der Waals surface area contributed by atoms with Crippen molar-refractivity contribution in [1.29, 1.82) is 0 Å². The first-order valence-electron chi connectivity index (χ1n) is 9.32. The SMILES string of the molecule is Cc1ccc(Cl)cc1NC(=O)CN(Cc1ccc(Cl)cc1Cl)S(=O)(=O)c1ccc(Cl)cc1. The number of carbonyl (C=O) groups excluding carboxylic acids is 1. The minimum absolute atomic E-state index is 0.00118. The zero-order chi connectivity index (χ0) is 23.5. The van der Waals surface area contributed by atoms with Gasteiger partial charge in [-0.3, -0.25) is 4.79 Å². The summed E-state index contributed by atoms with van der Waals surface area (Å²) in [5.74, 6) is -0.530. The standard InChI is InChI=1S/C22H18Cl4N2O3S/c1-14-2-4-18(25)11-21(14)27-22(29)13-28(12-15-3-5-17(24)10-20(15)26)32(30,31)19-8-6-16(23)7-9-19/h2-11H,12-13H2,1H3,(H,27,29). The molecule has 0 aromatic heterocycles. The molecule has 0 spiro atoms. The van der Waals surface area contributed by atoms with E-state index < -0.39 is 22.5 Å². The third kappa shape index (κ3) is 6.16. The Morgan fingerprint density at radius 2 is 1.47 bits per heavy atom. The Morgan fingerprint density at radius 1 is 0.875 bits per heavy atom. The summed E-state index contributed by atoms with van der Waals surface area (Å²) in [6, 6.07) is 15.5. The molecule has 0 radical (unpaired) electrons. The van der Waals surface area contributed by atoms with Crippen molar-refractivity contribution >= 4 is 68.0 Å². The Hall–Kier alpha value is -1.80. The molecule has 0 aliphatic rings. The summed E-state index contributed by atoms with van der Waals surface area (Å²) in [6.07, 6.45) is 0. The summed E-state index contributed by atoms with van der Waals surface area (Å²) in [6.45, 7) is 1.22. The minimum Gasteiger partial charge on any atom is -0.325 e. The van der Waals surface area contributed by atoms with E-state index >= 15 is 0 Å². The monoisotopic (exact) mass is 530 g/mol. The highest BCUT2D eigenvalue weighted by atomic mass is 35.5. The van der Waals surface area contributed by atoms with Crippen molar-refractivity contribution in [3.8, 4) is 0 Å². The second-order valence-corrected chi connectivity index (χ2v) is 10.6. The quantitative estimate of drug-likeness (QED) is 0.381. The van der Waals surface area contributed by atoms with Gasteiger partial charge < -0.3 is 5.32 Å². The van der Waals surface area contributed by atoms with Crippen LogP contribution in [-0.2, 0) is 21.4 Å². The van der Waals surface area contributed by atoms with Crippen LogP contribution in [0.4, 0.5) is 5.69 Å². The largest absolute Gasteiger partial charge is 0.325 e.